The normalized spacial score (nSPS) is 13.0. The number of benzene rings is 1. The van der Waals surface area contributed by atoms with Crippen LogP contribution in [0.15, 0.2) is 30.3 Å². The van der Waals surface area contributed by atoms with Gasteiger partial charge in [0.1, 0.15) is 6.61 Å². The molecule has 1 heterocycles. The van der Waals surface area contributed by atoms with Gasteiger partial charge < -0.3 is 14.8 Å². The zero-order valence-electron chi connectivity index (χ0n) is 8.03. The van der Waals surface area contributed by atoms with Crippen LogP contribution in [-0.4, -0.2) is 22.8 Å². The van der Waals surface area contributed by atoms with E-state index >= 15 is 0 Å². The van der Waals surface area contributed by atoms with Gasteiger partial charge in [-0.05, 0) is 13.0 Å². The van der Waals surface area contributed by atoms with Crippen molar-refractivity contribution in [3.8, 4) is 5.88 Å². The number of para-hydroxylation sites is 1. The number of aliphatic hydroxyl groups excluding tert-OH is 1. The topological polar surface area (TPSA) is 45.2 Å². The highest BCUT2D eigenvalue weighted by Crippen LogP contribution is 2.19. The monoisotopic (exact) mass is 191 g/mol. The molecule has 3 heteroatoms. The van der Waals surface area contributed by atoms with Crippen LogP contribution in [-0.2, 0) is 0 Å². The minimum atomic E-state index is -0.443. The zero-order chi connectivity index (χ0) is 9.97. The van der Waals surface area contributed by atoms with E-state index in [1.54, 1.807) is 6.92 Å². The summed E-state index contributed by atoms with van der Waals surface area (Å²) in [6, 6.07) is 9.88. The molecule has 0 saturated carbocycles. The molecule has 2 aromatic rings. The molecule has 0 amide bonds. The number of aromatic nitrogens is 1. The Morgan fingerprint density at radius 2 is 2.21 bits per heavy atom. The van der Waals surface area contributed by atoms with Crippen molar-refractivity contribution in [2.75, 3.05) is 6.61 Å². The maximum atomic E-state index is 9.05. The number of fused-ring (bicyclic) bond motifs is 1. The SMILES string of the molecule is CC(O)COc1cc2ccccc2[nH]1. The molecular weight excluding hydrogens is 178 g/mol. The Morgan fingerprint density at radius 3 is 2.93 bits per heavy atom. The quantitative estimate of drug-likeness (QED) is 0.778. The molecule has 74 valence electrons. The van der Waals surface area contributed by atoms with Crippen molar-refractivity contribution >= 4 is 10.9 Å². The van der Waals surface area contributed by atoms with Gasteiger partial charge in [0.05, 0.1) is 6.10 Å². The van der Waals surface area contributed by atoms with E-state index in [4.69, 9.17) is 9.84 Å². The second-order valence-electron chi connectivity index (χ2n) is 3.38. The Bertz CT molecular complexity index is 387. The highest BCUT2D eigenvalue weighted by Gasteiger charge is 2.01. The first kappa shape index (κ1) is 9.09. The van der Waals surface area contributed by atoms with Crippen molar-refractivity contribution in [1.29, 1.82) is 0 Å². The van der Waals surface area contributed by atoms with Crippen LogP contribution in [0.5, 0.6) is 5.88 Å². The predicted molar refractivity (Wildman–Crippen MR) is 55.5 cm³/mol. The van der Waals surface area contributed by atoms with E-state index in [-0.39, 0.29) is 0 Å². The first-order chi connectivity index (χ1) is 6.75. The van der Waals surface area contributed by atoms with Gasteiger partial charge in [-0.25, -0.2) is 0 Å². The molecule has 1 unspecified atom stereocenters. The lowest BCUT2D eigenvalue weighted by Gasteiger charge is -2.04. The van der Waals surface area contributed by atoms with Crippen LogP contribution in [0.1, 0.15) is 6.92 Å². The van der Waals surface area contributed by atoms with E-state index in [2.05, 4.69) is 4.98 Å². The second-order valence-corrected chi connectivity index (χ2v) is 3.38. The lowest BCUT2D eigenvalue weighted by atomic mass is 10.3. The van der Waals surface area contributed by atoms with E-state index in [1.807, 2.05) is 30.3 Å². The summed E-state index contributed by atoms with van der Waals surface area (Å²) in [5.41, 5.74) is 1.05. The van der Waals surface area contributed by atoms with Crippen LogP contribution >= 0.6 is 0 Å². The number of hydrogen-bond acceptors (Lipinski definition) is 2. The van der Waals surface area contributed by atoms with Crippen molar-refractivity contribution in [3.05, 3.63) is 30.3 Å². The van der Waals surface area contributed by atoms with Crippen LogP contribution in [0.25, 0.3) is 10.9 Å². The third kappa shape index (κ3) is 1.88. The van der Waals surface area contributed by atoms with Gasteiger partial charge >= 0.3 is 0 Å². The van der Waals surface area contributed by atoms with Gasteiger partial charge in [0, 0.05) is 17.0 Å². The average Bonchev–Trinajstić information content (AvgIpc) is 2.57. The molecule has 1 aromatic heterocycles. The predicted octanol–water partition coefficient (Wildman–Crippen LogP) is 1.93. The Balaban J connectivity index is 2.19. The lowest BCUT2D eigenvalue weighted by molar-refractivity contribution is 0.120. The van der Waals surface area contributed by atoms with E-state index in [0.29, 0.717) is 12.5 Å². The summed E-state index contributed by atoms with van der Waals surface area (Å²) in [6.45, 7) is 2.01. The minimum absolute atomic E-state index is 0.312. The van der Waals surface area contributed by atoms with E-state index in [0.717, 1.165) is 10.9 Å². The number of nitrogens with one attached hydrogen (secondary N) is 1. The summed E-state index contributed by atoms with van der Waals surface area (Å²) in [7, 11) is 0. The van der Waals surface area contributed by atoms with Crippen molar-refractivity contribution in [2.45, 2.75) is 13.0 Å². The molecule has 1 atom stereocenters. The maximum absolute atomic E-state index is 9.05. The van der Waals surface area contributed by atoms with Gasteiger partial charge in [0.2, 0.25) is 0 Å². The van der Waals surface area contributed by atoms with Crippen LogP contribution in [0.2, 0.25) is 0 Å². The van der Waals surface area contributed by atoms with Crippen molar-refractivity contribution in [1.82, 2.24) is 4.98 Å². The number of ether oxygens (including phenoxy) is 1. The fourth-order valence-corrected chi connectivity index (χ4v) is 1.33. The standard InChI is InChI=1S/C11H13NO2/c1-8(13)7-14-11-6-9-4-2-3-5-10(9)12-11/h2-6,8,12-13H,7H2,1H3. The summed E-state index contributed by atoms with van der Waals surface area (Å²) >= 11 is 0. The van der Waals surface area contributed by atoms with Gasteiger partial charge in [0.25, 0.3) is 0 Å². The Labute approximate surface area is 82.3 Å². The highest BCUT2D eigenvalue weighted by molar-refractivity contribution is 5.81. The van der Waals surface area contributed by atoms with E-state index in [1.165, 1.54) is 0 Å². The summed E-state index contributed by atoms with van der Waals surface area (Å²) in [5.74, 6) is 0.701. The zero-order valence-corrected chi connectivity index (χ0v) is 8.03. The second kappa shape index (κ2) is 3.72. The minimum Gasteiger partial charge on any atom is -0.476 e. The van der Waals surface area contributed by atoms with Gasteiger partial charge in [0.15, 0.2) is 5.88 Å². The molecule has 14 heavy (non-hydrogen) atoms. The smallest absolute Gasteiger partial charge is 0.191 e. The lowest BCUT2D eigenvalue weighted by Crippen LogP contribution is -2.12. The number of aliphatic hydroxyl groups is 1. The van der Waals surface area contributed by atoms with Crippen LogP contribution in [0, 0.1) is 0 Å². The van der Waals surface area contributed by atoms with Crippen molar-refractivity contribution in [2.24, 2.45) is 0 Å². The average molecular weight is 191 g/mol. The van der Waals surface area contributed by atoms with E-state index in [9.17, 15) is 0 Å². The number of hydrogen-bond donors (Lipinski definition) is 2. The molecule has 0 spiro atoms. The molecule has 0 aliphatic heterocycles. The largest absolute Gasteiger partial charge is 0.476 e. The molecule has 1 aromatic carbocycles. The van der Waals surface area contributed by atoms with Crippen LogP contribution in [0.4, 0.5) is 0 Å². The fourth-order valence-electron chi connectivity index (χ4n) is 1.33. The first-order valence-electron chi connectivity index (χ1n) is 4.64. The van der Waals surface area contributed by atoms with Crippen molar-refractivity contribution < 1.29 is 9.84 Å². The van der Waals surface area contributed by atoms with E-state index < -0.39 is 6.10 Å². The summed E-state index contributed by atoms with van der Waals surface area (Å²) in [6.07, 6.45) is -0.443. The van der Waals surface area contributed by atoms with Gasteiger partial charge in [-0.1, -0.05) is 18.2 Å². The van der Waals surface area contributed by atoms with Gasteiger partial charge in [-0.3, -0.25) is 0 Å². The first-order valence-corrected chi connectivity index (χ1v) is 4.64. The molecule has 3 nitrogen and oxygen atoms in total. The Morgan fingerprint density at radius 1 is 1.43 bits per heavy atom. The maximum Gasteiger partial charge on any atom is 0.191 e. The molecular formula is C11H13NO2. The highest BCUT2D eigenvalue weighted by atomic mass is 16.5. The number of aromatic amines is 1. The third-order valence-electron chi connectivity index (χ3n) is 1.99. The summed E-state index contributed by atoms with van der Waals surface area (Å²) in [4.78, 5) is 3.12. The molecule has 0 aliphatic rings. The molecule has 2 rings (SSSR count). The summed E-state index contributed by atoms with van der Waals surface area (Å²) < 4.78 is 5.35. The molecule has 0 aliphatic carbocycles. The molecule has 0 bridgehead atoms. The van der Waals surface area contributed by atoms with Crippen LogP contribution in [0.3, 0.4) is 0 Å². The Kier molecular flexibility index (Phi) is 2.41. The molecule has 0 radical (unpaired) electrons. The molecule has 0 saturated heterocycles. The Hall–Kier alpha value is -1.48. The molecule has 2 N–H and O–H groups in total. The third-order valence-corrected chi connectivity index (χ3v) is 1.99. The molecule has 0 fully saturated rings. The number of H-pyrrole nitrogens is 1. The summed E-state index contributed by atoms with van der Waals surface area (Å²) in [5, 5.41) is 10.2. The fraction of sp³-hybridized carbons (Fsp3) is 0.273. The van der Waals surface area contributed by atoms with Gasteiger partial charge in [-0.2, -0.15) is 0 Å². The van der Waals surface area contributed by atoms with Gasteiger partial charge in [-0.15, -0.1) is 0 Å². The van der Waals surface area contributed by atoms with Crippen LogP contribution < -0.4 is 4.74 Å². The number of rotatable bonds is 3. The van der Waals surface area contributed by atoms with Crippen molar-refractivity contribution in [3.63, 3.8) is 0 Å².